The highest BCUT2D eigenvalue weighted by molar-refractivity contribution is 7.84. The molecule has 1 aromatic heterocycles. The molecule has 25 heavy (non-hydrogen) atoms. The van der Waals surface area contributed by atoms with Gasteiger partial charge in [0.25, 0.3) is 0 Å². The van der Waals surface area contributed by atoms with Crippen molar-refractivity contribution in [2.75, 3.05) is 6.26 Å². The minimum atomic E-state index is -4.96. The molecule has 1 unspecified atom stereocenters. The maximum absolute atomic E-state index is 12.8. The number of ketones is 1. The van der Waals surface area contributed by atoms with Gasteiger partial charge in [0, 0.05) is 17.7 Å². The highest BCUT2D eigenvalue weighted by Crippen LogP contribution is 2.43. The summed E-state index contributed by atoms with van der Waals surface area (Å²) in [6.45, 7) is 0. The molecule has 1 saturated carbocycles. The van der Waals surface area contributed by atoms with Crippen LogP contribution < -0.4 is 4.74 Å². The molecule has 2 aromatic rings. The van der Waals surface area contributed by atoms with Crippen LogP contribution in [0.3, 0.4) is 0 Å². The molecule has 3 rings (SSSR count). The lowest BCUT2D eigenvalue weighted by molar-refractivity contribution is -0.274. The number of alkyl halides is 3. The lowest BCUT2D eigenvalue weighted by Gasteiger charge is -2.14. The Bertz CT molecular complexity index is 861. The summed E-state index contributed by atoms with van der Waals surface area (Å²) in [6, 6.07) is 2.03. The van der Waals surface area contributed by atoms with E-state index in [4.69, 9.17) is 16.1 Å². The van der Waals surface area contributed by atoms with Crippen molar-refractivity contribution in [3.8, 4) is 5.75 Å². The van der Waals surface area contributed by atoms with Crippen LogP contribution in [0.5, 0.6) is 5.75 Å². The van der Waals surface area contributed by atoms with Gasteiger partial charge in [0.15, 0.2) is 11.5 Å². The molecule has 5 nitrogen and oxygen atoms in total. The van der Waals surface area contributed by atoms with Crippen molar-refractivity contribution >= 4 is 28.2 Å². The molecule has 1 aromatic carbocycles. The van der Waals surface area contributed by atoms with Crippen molar-refractivity contribution in [1.82, 2.24) is 5.16 Å². The van der Waals surface area contributed by atoms with Gasteiger partial charge >= 0.3 is 6.36 Å². The zero-order chi connectivity index (χ0) is 18.4. The number of ether oxygens (including phenoxy) is 1. The van der Waals surface area contributed by atoms with E-state index in [2.05, 4.69) is 9.89 Å². The van der Waals surface area contributed by atoms with Gasteiger partial charge in [0.05, 0.1) is 32.5 Å². The average Bonchev–Trinajstić information content (AvgIpc) is 3.23. The summed E-state index contributed by atoms with van der Waals surface area (Å²) in [4.78, 5) is 12.6. The molecule has 1 fully saturated rings. The van der Waals surface area contributed by atoms with Crippen LogP contribution >= 0.6 is 11.6 Å². The molecule has 1 aliphatic carbocycles. The van der Waals surface area contributed by atoms with E-state index in [1.165, 1.54) is 12.5 Å². The van der Waals surface area contributed by atoms with Gasteiger partial charge in [-0.25, -0.2) is 0 Å². The smallest absolute Gasteiger partial charge is 0.404 e. The second kappa shape index (κ2) is 6.45. The zero-order valence-corrected chi connectivity index (χ0v) is 14.3. The van der Waals surface area contributed by atoms with Crippen molar-refractivity contribution in [3.63, 3.8) is 0 Å². The van der Waals surface area contributed by atoms with E-state index >= 15 is 0 Å². The minimum Gasteiger partial charge on any atom is -0.404 e. The van der Waals surface area contributed by atoms with Crippen LogP contribution in [0.2, 0.25) is 5.02 Å². The number of carbonyl (C=O) groups excluding carboxylic acids is 1. The molecule has 134 valence electrons. The molecule has 1 atom stereocenters. The Morgan fingerprint density at radius 2 is 2.04 bits per heavy atom. The molecular weight excluding hydrogens is 383 g/mol. The first-order chi connectivity index (χ1) is 11.7. The van der Waals surface area contributed by atoms with Crippen molar-refractivity contribution in [1.29, 1.82) is 0 Å². The summed E-state index contributed by atoms with van der Waals surface area (Å²) in [5.41, 5.74) is 0.111. The van der Waals surface area contributed by atoms with E-state index in [0.29, 0.717) is 5.76 Å². The Morgan fingerprint density at radius 3 is 2.60 bits per heavy atom. The van der Waals surface area contributed by atoms with E-state index in [0.717, 1.165) is 25.0 Å². The number of aromatic nitrogens is 1. The van der Waals surface area contributed by atoms with Crippen molar-refractivity contribution in [3.05, 3.63) is 40.2 Å². The van der Waals surface area contributed by atoms with Crippen LogP contribution in [-0.4, -0.2) is 27.8 Å². The first kappa shape index (κ1) is 17.9. The van der Waals surface area contributed by atoms with Gasteiger partial charge in [-0.3, -0.25) is 9.00 Å². The van der Waals surface area contributed by atoms with Crippen LogP contribution in [0.4, 0.5) is 13.2 Å². The van der Waals surface area contributed by atoms with Gasteiger partial charge in [-0.15, -0.1) is 13.2 Å². The van der Waals surface area contributed by atoms with Crippen LogP contribution in [0.15, 0.2) is 27.7 Å². The fourth-order valence-electron chi connectivity index (χ4n) is 2.41. The number of carbonyl (C=O) groups is 1. The highest BCUT2D eigenvalue weighted by Gasteiger charge is 2.36. The fraction of sp³-hybridized carbons (Fsp3) is 0.333. The Balaban J connectivity index is 2.06. The van der Waals surface area contributed by atoms with E-state index in [1.807, 2.05) is 0 Å². The summed E-state index contributed by atoms with van der Waals surface area (Å²) in [5.74, 6) is -0.762. The number of halogens is 4. The largest absolute Gasteiger partial charge is 0.573 e. The molecule has 0 saturated heterocycles. The lowest BCUT2D eigenvalue weighted by Crippen LogP contribution is -2.18. The Morgan fingerprint density at radius 1 is 1.36 bits per heavy atom. The topological polar surface area (TPSA) is 69.4 Å². The Labute approximate surface area is 147 Å². The summed E-state index contributed by atoms with van der Waals surface area (Å²) >= 11 is 5.93. The zero-order valence-electron chi connectivity index (χ0n) is 12.7. The van der Waals surface area contributed by atoms with Crippen molar-refractivity contribution < 1.29 is 31.4 Å². The monoisotopic (exact) mass is 393 g/mol. The first-order valence-electron chi connectivity index (χ1n) is 7.10. The normalized spacial score (nSPS) is 15.9. The quantitative estimate of drug-likeness (QED) is 0.716. The van der Waals surface area contributed by atoms with Crippen LogP contribution in [0, 0.1) is 0 Å². The third kappa shape index (κ3) is 3.72. The fourth-order valence-corrected chi connectivity index (χ4v) is 3.76. The van der Waals surface area contributed by atoms with E-state index in [1.54, 1.807) is 0 Å². The van der Waals surface area contributed by atoms with Gasteiger partial charge in [-0.2, -0.15) is 0 Å². The molecule has 0 bridgehead atoms. The van der Waals surface area contributed by atoms with Crippen LogP contribution in [0.1, 0.15) is 40.4 Å². The number of hydrogen-bond donors (Lipinski definition) is 0. The SMILES string of the molecule is CS(=O)c1c(C(=O)c2cnoc2C2CC2)ccc(OC(F)(F)F)c1Cl. The molecule has 10 heteroatoms. The summed E-state index contributed by atoms with van der Waals surface area (Å²) in [5, 5.41) is 3.09. The molecule has 0 N–H and O–H groups in total. The second-order valence-electron chi connectivity index (χ2n) is 5.46. The van der Waals surface area contributed by atoms with Gasteiger partial charge in [-0.05, 0) is 25.0 Å². The van der Waals surface area contributed by atoms with Crippen LogP contribution in [-0.2, 0) is 10.8 Å². The maximum atomic E-state index is 12.8. The summed E-state index contributed by atoms with van der Waals surface area (Å²) < 4.78 is 58.2. The van der Waals surface area contributed by atoms with Gasteiger partial charge in [0.2, 0.25) is 0 Å². The van der Waals surface area contributed by atoms with Crippen molar-refractivity contribution in [2.45, 2.75) is 30.0 Å². The molecule has 0 radical (unpaired) electrons. The maximum Gasteiger partial charge on any atom is 0.573 e. The minimum absolute atomic E-state index is 0.0783. The predicted octanol–water partition coefficient (Wildman–Crippen LogP) is 4.07. The van der Waals surface area contributed by atoms with Crippen LogP contribution in [0.25, 0.3) is 0 Å². The number of benzene rings is 1. The molecule has 0 amide bonds. The molecule has 0 spiro atoms. The first-order valence-corrected chi connectivity index (χ1v) is 9.03. The summed E-state index contributed by atoms with van der Waals surface area (Å²) in [7, 11) is -1.83. The number of nitrogens with zero attached hydrogens (tertiary/aromatic N) is 1. The van der Waals surface area contributed by atoms with Gasteiger partial charge in [-0.1, -0.05) is 16.8 Å². The summed E-state index contributed by atoms with van der Waals surface area (Å²) in [6.07, 6.45) is -0.783. The lowest BCUT2D eigenvalue weighted by atomic mass is 10.0. The number of rotatable bonds is 5. The third-order valence-electron chi connectivity index (χ3n) is 3.61. The molecular formula is C15H11ClF3NO4S. The standard InChI is InChI=1S/C15H11ClF3NO4S/c1-25(22)14-8(4-5-10(11(14)16)23-15(17,18)19)12(21)9-6-20-24-13(9)7-2-3-7/h4-7H,2-3H2,1H3. The second-order valence-corrected chi connectivity index (χ2v) is 7.16. The van der Waals surface area contributed by atoms with E-state index < -0.39 is 33.7 Å². The predicted molar refractivity (Wildman–Crippen MR) is 82.4 cm³/mol. The van der Waals surface area contributed by atoms with Gasteiger partial charge < -0.3 is 9.26 Å². The highest BCUT2D eigenvalue weighted by atomic mass is 35.5. The van der Waals surface area contributed by atoms with E-state index in [-0.39, 0.29) is 21.9 Å². The molecule has 1 heterocycles. The molecule has 1 aliphatic rings. The molecule has 0 aliphatic heterocycles. The van der Waals surface area contributed by atoms with E-state index in [9.17, 15) is 22.2 Å². The third-order valence-corrected chi connectivity index (χ3v) is 5.10. The van der Waals surface area contributed by atoms with Gasteiger partial charge in [0.1, 0.15) is 5.75 Å². The Hall–Kier alpha value is -1.87. The number of hydrogen-bond acceptors (Lipinski definition) is 5. The average molecular weight is 394 g/mol. The Kier molecular flexibility index (Phi) is 4.63. The van der Waals surface area contributed by atoms with Crippen molar-refractivity contribution in [2.24, 2.45) is 0 Å².